The molecule has 0 radical (unpaired) electrons. The Balaban J connectivity index is 1.73. The van der Waals surface area contributed by atoms with Crippen molar-refractivity contribution in [3.63, 3.8) is 0 Å². The number of aryl methyl sites for hydroxylation is 1. The van der Waals surface area contributed by atoms with E-state index < -0.39 is 0 Å². The van der Waals surface area contributed by atoms with E-state index in [9.17, 15) is 9.90 Å². The number of nitrogens with two attached hydrogens (primary N) is 1. The van der Waals surface area contributed by atoms with Crippen molar-refractivity contribution in [3.05, 3.63) is 78.0 Å². The number of nitrogens with zero attached hydrogens (tertiary/aromatic N) is 2. The van der Waals surface area contributed by atoms with Crippen molar-refractivity contribution in [1.82, 2.24) is 9.61 Å². The van der Waals surface area contributed by atoms with E-state index >= 15 is 0 Å². The molecule has 134 valence electrons. The van der Waals surface area contributed by atoms with E-state index in [0.717, 1.165) is 11.1 Å². The first-order valence-corrected chi connectivity index (χ1v) is 8.47. The van der Waals surface area contributed by atoms with E-state index in [4.69, 9.17) is 5.73 Å². The summed E-state index contributed by atoms with van der Waals surface area (Å²) in [5.41, 5.74) is 10.1. The standard InChI is InChI=1S/C21H18N4O2/c1-13-5-4-6-15(11-13)23-21(27)19-17-10-9-14(12-25(17)24-20(19)22)16-7-2-3-8-18(16)26/h2-12,26H,1H3,(H2,22,24)(H,23,27). The molecular weight excluding hydrogens is 340 g/mol. The van der Waals surface area contributed by atoms with Gasteiger partial charge >= 0.3 is 0 Å². The van der Waals surface area contributed by atoms with E-state index in [-0.39, 0.29) is 17.5 Å². The number of fused-ring (bicyclic) bond motifs is 1. The molecule has 0 saturated carbocycles. The second kappa shape index (κ2) is 6.49. The number of carbonyl (C=O) groups excluding carboxylic acids is 1. The van der Waals surface area contributed by atoms with Crippen LogP contribution in [-0.4, -0.2) is 20.6 Å². The van der Waals surface area contributed by atoms with Gasteiger partial charge in [-0.3, -0.25) is 4.79 Å². The van der Waals surface area contributed by atoms with Gasteiger partial charge in [0.15, 0.2) is 5.82 Å². The maximum Gasteiger partial charge on any atom is 0.261 e. The molecule has 2 aromatic carbocycles. The molecule has 0 unspecified atom stereocenters. The summed E-state index contributed by atoms with van der Waals surface area (Å²) in [6.07, 6.45) is 1.74. The number of anilines is 2. The highest BCUT2D eigenvalue weighted by molar-refractivity contribution is 6.12. The Hall–Kier alpha value is -3.80. The van der Waals surface area contributed by atoms with E-state index in [0.29, 0.717) is 22.3 Å². The molecule has 0 fully saturated rings. The van der Waals surface area contributed by atoms with Gasteiger partial charge in [0.05, 0.1) is 5.52 Å². The topological polar surface area (TPSA) is 92.7 Å². The number of aromatic hydroxyl groups is 1. The summed E-state index contributed by atoms with van der Waals surface area (Å²) in [6.45, 7) is 1.96. The molecule has 1 amide bonds. The fourth-order valence-electron chi connectivity index (χ4n) is 3.09. The second-order valence-corrected chi connectivity index (χ2v) is 6.35. The lowest BCUT2D eigenvalue weighted by molar-refractivity contribution is 0.102. The van der Waals surface area contributed by atoms with Crippen molar-refractivity contribution in [3.8, 4) is 16.9 Å². The first-order valence-electron chi connectivity index (χ1n) is 8.47. The quantitative estimate of drug-likeness (QED) is 0.519. The van der Waals surface area contributed by atoms with E-state index in [2.05, 4.69) is 10.4 Å². The Morgan fingerprint density at radius 2 is 1.93 bits per heavy atom. The molecule has 4 aromatic rings. The summed E-state index contributed by atoms with van der Waals surface area (Å²) in [5.74, 6) is 0.00684. The zero-order valence-corrected chi connectivity index (χ0v) is 14.7. The number of para-hydroxylation sites is 1. The lowest BCUT2D eigenvalue weighted by Gasteiger charge is -2.07. The van der Waals surface area contributed by atoms with Gasteiger partial charge in [-0.25, -0.2) is 4.52 Å². The first kappa shape index (κ1) is 16.7. The molecule has 0 bridgehead atoms. The van der Waals surface area contributed by atoms with Gasteiger partial charge in [0.25, 0.3) is 5.91 Å². The number of amides is 1. The zero-order chi connectivity index (χ0) is 19.0. The van der Waals surface area contributed by atoms with Crippen LogP contribution in [0.15, 0.2) is 66.9 Å². The van der Waals surface area contributed by atoms with Crippen LogP contribution in [0.3, 0.4) is 0 Å². The molecule has 0 atom stereocenters. The Morgan fingerprint density at radius 1 is 1.11 bits per heavy atom. The Morgan fingerprint density at radius 3 is 2.70 bits per heavy atom. The summed E-state index contributed by atoms with van der Waals surface area (Å²) in [4.78, 5) is 12.7. The Kier molecular flexibility index (Phi) is 4.01. The third-order valence-corrected chi connectivity index (χ3v) is 4.37. The maximum atomic E-state index is 12.7. The van der Waals surface area contributed by atoms with Crippen LogP contribution in [0, 0.1) is 6.92 Å². The molecule has 2 aromatic heterocycles. The number of phenolic OH excluding ortho intramolecular Hbond substituents is 1. The predicted octanol–water partition coefficient (Wildman–Crippen LogP) is 3.85. The number of hydrogen-bond acceptors (Lipinski definition) is 4. The fraction of sp³-hybridized carbons (Fsp3) is 0.0476. The largest absolute Gasteiger partial charge is 0.507 e. The third kappa shape index (κ3) is 3.08. The lowest BCUT2D eigenvalue weighted by atomic mass is 10.1. The number of phenols is 1. The number of carbonyl (C=O) groups is 1. The number of aromatic nitrogens is 2. The SMILES string of the molecule is Cc1cccc(NC(=O)c2c(N)nn3cc(-c4ccccc4O)ccc23)c1. The molecular formula is C21H18N4O2. The van der Waals surface area contributed by atoms with Crippen molar-refractivity contribution in [2.75, 3.05) is 11.1 Å². The van der Waals surface area contributed by atoms with Crippen LogP contribution < -0.4 is 11.1 Å². The highest BCUT2D eigenvalue weighted by Crippen LogP contribution is 2.30. The van der Waals surface area contributed by atoms with Crippen LogP contribution in [0.2, 0.25) is 0 Å². The van der Waals surface area contributed by atoms with Crippen LogP contribution in [0.25, 0.3) is 16.6 Å². The zero-order valence-electron chi connectivity index (χ0n) is 14.7. The van der Waals surface area contributed by atoms with Crippen LogP contribution in [0.1, 0.15) is 15.9 Å². The van der Waals surface area contributed by atoms with Crippen LogP contribution >= 0.6 is 0 Å². The van der Waals surface area contributed by atoms with Crippen molar-refractivity contribution in [2.45, 2.75) is 6.92 Å². The molecule has 2 heterocycles. The summed E-state index contributed by atoms with van der Waals surface area (Å²) < 4.78 is 1.56. The van der Waals surface area contributed by atoms with Crippen molar-refractivity contribution < 1.29 is 9.90 Å². The highest BCUT2D eigenvalue weighted by Gasteiger charge is 2.19. The molecule has 0 aliphatic rings. The fourth-order valence-corrected chi connectivity index (χ4v) is 3.09. The minimum atomic E-state index is -0.316. The van der Waals surface area contributed by atoms with Gasteiger partial charge < -0.3 is 16.2 Å². The van der Waals surface area contributed by atoms with Gasteiger partial charge in [-0.05, 0) is 36.8 Å². The molecule has 0 aliphatic heterocycles. The van der Waals surface area contributed by atoms with Gasteiger partial charge in [-0.2, -0.15) is 0 Å². The average molecular weight is 358 g/mol. The van der Waals surface area contributed by atoms with E-state index in [1.807, 2.05) is 49.4 Å². The number of nitrogens with one attached hydrogen (secondary N) is 1. The van der Waals surface area contributed by atoms with Crippen molar-refractivity contribution >= 4 is 22.9 Å². The van der Waals surface area contributed by atoms with Crippen LogP contribution in [-0.2, 0) is 0 Å². The number of hydrogen-bond donors (Lipinski definition) is 3. The molecule has 4 rings (SSSR count). The second-order valence-electron chi connectivity index (χ2n) is 6.35. The van der Waals surface area contributed by atoms with Gasteiger partial charge in [0.1, 0.15) is 11.3 Å². The average Bonchev–Trinajstić information content (AvgIpc) is 2.97. The summed E-state index contributed by atoms with van der Waals surface area (Å²) in [7, 11) is 0. The number of nitrogen functional groups attached to an aromatic ring is 1. The Labute approximate surface area is 155 Å². The third-order valence-electron chi connectivity index (χ3n) is 4.37. The maximum absolute atomic E-state index is 12.7. The predicted molar refractivity (Wildman–Crippen MR) is 106 cm³/mol. The van der Waals surface area contributed by atoms with Gasteiger partial charge in [-0.15, -0.1) is 5.10 Å². The molecule has 0 aliphatic carbocycles. The molecule has 6 nitrogen and oxygen atoms in total. The number of benzene rings is 2. The Bertz CT molecular complexity index is 1160. The number of rotatable bonds is 3. The summed E-state index contributed by atoms with van der Waals surface area (Å²) >= 11 is 0. The van der Waals surface area contributed by atoms with Crippen molar-refractivity contribution in [1.29, 1.82) is 0 Å². The van der Waals surface area contributed by atoms with Gasteiger partial charge in [-0.1, -0.05) is 36.4 Å². The normalized spacial score (nSPS) is 10.9. The monoisotopic (exact) mass is 358 g/mol. The van der Waals surface area contributed by atoms with Crippen LogP contribution in [0.5, 0.6) is 5.75 Å². The number of pyridine rings is 1. The molecule has 0 spiro atoms. The van der Waals surface area contributed by atoms with Crippen LogP contribution in [0.4, 0.5) is 11.5 Å². The lowest BCUT2D eigenvalue weighted by Crippen LogP contribution is -2.13. The minimum absolute atomic E-state index is 0.148. The summed E-state index contributed by atoms with van der Waals surface area (Å²) in [6, 6.07) is 18.2. The highest BCUT2D eigenvalue weighted by atomic mass is 16.3. The van der Waals surface area contributed by atoms with Gasteiger partial charge in [0.2, 0.25) is 0 Å². The molecule has 6 heteroatoms. The summed E-state index contributed by atoms with van der Waals surface area (Å²) in [5, 5.41) is 17.2. The van der Waals surface area contributed by atoms with E-state index in [1.165, 1.54) is 0 Å². The molecule has 4 N–H and O–H groups in total. The van der Waals surface area contributed by atoms with Gasteiger partial charge in [0, 0.05) is 23.0 Å². The first-order chi connectivity index (χ1) is 13.0. The van der Waals surface area contributed by atoms with Crippen molar-refractivity contribution in [2.24, 2.45) is 0 Å². The van der Waals surface area contributed by atoms with E-state index in [1.54, 1.807) is 28.9 Å². The minimum Gasteiger partial charge on any atom is -0.507 e. The molecule has 0 saturated heterocycles. The smallest absolute Gasteiger partial charge is 0.261 e. The molecule has 27 heavy (non-hydrogen) atoms.